The van der Waals surface area contributed by atoms with Crippen LogP contribution in [0.3, 0.4) is 0 Å². The number of carboxylic acid groups (broad SMARTS) is 1. The Morgan fingerprint density at radius 3 is 2.77 bits per heavy atom. The first-order chi connectivity index (χ1) is 12.5. The van der Waals surface area contributed by atoms with Crippen LogP contribution in [0.4, 0.5) is 0 Å². The number of hydrogen-bond acceptors (Lipinski definition) is 5. The zero-order valence-electron chi connectivity index (χ0n) is 14.6. The highest BCUT2D eigenvalue weighted by atomic mass is 16.5. The van der Waals surface area contributed by atoms with E-state index >= 15 is 0 Å². The maximum atomic E-state index is 12.0. The van der Waals surface area contributed by atoms with E-state index in [0.717, 1.165) is 11.3 Å². The van der Waals surface area contributed by atoms with Gasteiger partial charge in [0, 0.05) is 18.4 Å². The van der Waals surface area contributed by atoms with Crippen molar-refractivity contribution in [3.05, 3.63) is 54.6 Å². The smallest absolute Gasteiger partial charge is 0.328 e. The molecule has 1 heterocycles. The molecule has 0 saturated heterocycles. The Hall–Kier alpha value is -2.93. The number of carboxylic acids is 1. The van der Waals surface area contributed by atoms with Crippen molar-refractivity contribution in [2.24, 2.45) is 0 Å². The number of nitrogens with zero attached hydrogens (tertiary/aromatic N) is 1. The summed E-state index contributed by atoms with van der Waals surface area (Å²) in [5, 5.41) is 11.6. The molecule has 1 atom stereocenters. The van der Waals surface area contributed by atoms with Gasteiger partial charge in [0.15, 0.2) is 17.7 Å². The first kappa shape index (κ1) is 19.4. The molecule has 2 rings (SSSR count). The summed E-state index contributed by atoms with van der Waals surface area (Å²) in [6.45, 7) is 5.42. The summed E-state index contributed by atoms with van der Waals surface area (Å²) in [6.07, 6.45) is 1.86. The van der Waals surface area contributed by atoms with E-state index in [0.29, 0.717) is 11.7 Å². The summed E-state index contributed by atoms with van der Waals surface area (Å²) in [6, 6.07) is 8.47. The van der Waals surface area contributed by atoms with Crippen molar-refractivity contribution in [1.82, 2.24) is 10.3 Å². The van der Waals surface area contributed by atoms with Crippen LogP contribution in [0.2, 0.25) is 0 Å². The van der Waals surface area contributed by atoms with Gasteiger partial charge in [-0.05, 0) is 6.92 Å². The van der Waals surface area contributed by atoms with Crippen LogP contribution in [0.15, 0.2) is 47.4 Å². The number of aryl methyl sites for hydroxylation is 2. The lowest BCUT2D eigenvalue weighted by atomic mass is 10.1. The van der Waals surface area contributed by atoms with Gasteiger partial charge < -0.3 is 19.6 Å². The van der Waals surface area contributed by atoms with Crippen molar-refractivity contribution >= 4 is 11.9 Å². The van der Waals surface area contributed by atoms with Crippen molar-refractivity contribution in [3.63, 3.8) is 0 Å². The number of oxazole rings is 1. The predicted molar refractivity (Wildman–Crippen MR) is 95.6 cm³/mol. The topological polar surface area (TPSA) is 102 Å². The summed E-state index contributed by atoms with van der Waals surface area (Å²) in [7, 11) is 0. The molecule has 0 spiro atoms. The van der Waals surface area contributed by atoms with Crippen molar-refractivity contribution in [3.8, 4) is 11.3 Å². The Kier molecular flexibility index (Phi) is 7.11. The lowest BCUT2D eigenvalue weighted by Gasteiger charge is -2.13. The second kappa shape index (κ2) is 9.53. The standard InChI is InChI=1S/C19H22N2O5/c1-3-11-25-12-15(19(23)24)21-16(22)9-10-17-20-13(2)18(26-17)14-7-5-4-6-8-14/h3-8,15H,1,9-12H2,2H3,(H,21,22)(H,23,24). The van der Waals surface area contributed by atoms with E-state index in [1.807, 2.05) is 37.3 Å². The molecule has 2 N–H and O–H groups in total. The molecule has 0 radical (unpaired) electrons. The van der Waals surface area contributed by atoms with E-state index in [2.05, 4.69) is 16.9 Å². The fourth-order valence-corrected chi connectivity index (χ4v) is 2.35. The number of ether oxygens (including phenoxy) is 1. The molecule has 7 nitrogen and oxygen atoms in total. The van der Waals surface area contributed by atoms with E-state index in [-0.39, 0.29) is 26.1 Å². The number of carbonyl (C=O) groups excluding carboxylic acids is 1. The van der Waals surface area contributed by atoms with Crippen LogP contribution in [-0.2, 0) is 20.7 Å². The zero-order valence-corrected chi connectivity index (χ0v) is 14.6. The number of aromatic nitrogens is 1. The molecule has 0 aliphatic heterocycles. The lowest BCUT2D eigenvalue weighted by molar-refractivity contribution is -0.143. The highest BCUT2D eigenvalue weighted by molar-refractivity contribution is 5.83. The molecule has 0 fully saturated rings. The van der Waals surface area contributed by atoms with Gasteiger partial charge in [0.1, 0.15) is 0 Å². The quantitative estimate of drug-likeness (QED) is 0.499. The van der Waals surface area contributed by atoms with Crippen LogP contribution < -0.4 is 5.32 Å². The van der Waals surface area contributed by atoms with Crippen molar-refractivity contribution < 1.29 is 23.8 Å². The molecule has 0 aliphatic rings. The summed E-state index contributed by atoms with van der Waals surface area (Å²) in [5.41, 5.74) is 1.66. The van der Waals surface area contributed by atoms with Crippen LogP contribution in [0.25, 0.3) is 11.3 Å². The molecule has 1 aromatic carbocycles. The number of benzene rings is 1. The Morgan fingerprint density at radius 2 is 2.12 bits per heavy atom. The Balaban J connectivity index is 1.90. The molecular weight excluding hydrogens is 336 g/mol. The van der Waals surface area contributed by atoms with Gasteiger partial charge in [0.25, 0.3) is 0 Å². The van der Waals surface area contributed by atoms with Crippen LogP contribution in [0.5, 0.6) is 0 Å². The fraction of sp³-hybridized carbons (Fsp3) is 0.316. The molecule has 7 heteroatoms. The Morgan fingerprint density at radius 1 is 1.38 bits per heavy atom. The summed E-state index contributed by atoms with van der Waals surface area (Å²) in [4.78, 5) is 27.5. The SMILES string of the molecule is C=CCOCC(NC(=O)CCc1nc(C)c(-c2ccccc2)o1)C(=O)O. The largest absolute Gasteiger partial charge is 0.480 e. The lowest BCUT2D eigenvalue weighted by Crippen LogP contribution is -2.44. The molecule has 0 aliphatic carbocycles. The molecule has 0 bridgehead atoms. The number of rotatable bonds is 10. The minimum atomic E-state index is -1.15. The van der Waals surface area contributed by atoms with Crippen LogP contribution >= 0.6 is 0 Å². The molecule has 1 aromatic heterocycles. The highest BCUT2D eigenvalue weighted by Crippen LogP contribution is 2.24. The minimum absolute atomic E-state index is 0.0689. The van der Waals surface area contributed by atoms with Crippen molar-refractivity contribution in [2.75, 3.05) is 13.2 Å². The van der Waals surface area contributed by atoms with Gasteiger partial charge >= 0.3 is 5.97 Å². The normalized spacial score (nSPS) is 11.7. The number of hydrogen-bond donors (Lipinski definition) is 2. The third-order valence-electron chi connectivity index (χ3n) is 3.60. The van der Waals surface area contributed by atoms with Gasteiger partial charge in [0.05, 0.1) is 18.9 Å². The average molecular weight is 358 g/mol. The summed E-state index contributed by atoms with van der Waals surface area (Å²) < 4.78 is 10.8. The van der Waals surface area contributed by atoms with E-state index in [9.17, 15) is 9.59 Å². The number of carbonyl (C=O) groups is 2. The Bertz CT molecular complexity index is 755. The molecule has 0 saturated carbocycles. The third-order valence-corrected chi connectivity index (χ3v) is 3.60. The van der Waals surface area contributed by atoms with E-state index in [1.54, 1.807) is 0 Å². The fourth-order valence-electron chi connectivity index (χ4n) is 2.35. The van der Waals surface area contributed by atoms with Gasteiger partial charge in [0.2, 0.25) is 5.91 Å². The van der Waals surface area contributed by atoms with Gasteiger partial charge in [-0.25, -0.2) is 9.78 Å². The molecule has 2 aromatic rings. The summed E-state index contributed by atoms with van der Waals surface area (Å²) in [5.74, 6) is -0.453. The Labute approximate surface area is 151 Å². The maximum Gasteiger partial charge on any atom is 0.328 e. The van der Waals surface area contributed by atoms with Crippen LogP contribution in [0, 0.1) is 6.92 Å². The second-order valence-corrected chi connectivity index (χ2v) is 5.67. The van der Waals surface area contributed by atoms with Gasteiger partial charge in [-0.2, -0.15) is 0 Å². The molecule has 26 heavy (non-hydrogen) atoms. The van der Waals surface area contributed by atoms with E-state index < -0.39 is 17.9 Å². The van der Waals surface area contributed by atoms with E-state index in [4.69, 9.17) is 14.3 Å². The first-order valence-electron chi connectivity index (χ1n) is 8.23. The summed E-state index contributed by atoms with van der Waals surface area (Å²) >= 11 is 0. The number of aliphatic carboxylic acids is 1. The number of nitrogens with one attached hydrogen (secondary N) is 1. The molecule has 1 amide bonds. The predicted octanol–water partition coefficient (Wildman–Crippen LogP) is 2.35. The molecule has 138 valence electrons. The molecular formula is C19H22N2O5. The van der Waals surface area contributed by atoms with Crippen LogP contribution in [-0.4, -0.2) is 41.2 Å². The third kappa shape index (κ3) is 5.56. The van der Waals surface area contributed by atoms with E-state index in [1.165, 1.54) is 6.08 Å². The second-order valence-electron chi connectivity index (χ2n) is 5.67. The zero-order chi connectivity index (χ0) is 18.9. The molecule has 1 unspecified atom stereocenters. The average Bonchev–Trinajstić information content (AvgIpc) is 3.00. The van der Waals surface area contributed by atoms with Crippen molar-refractivity contribution in [2.45, 2.75) is 25.8 Å². The first-order valence-corrected chi connectivity index (χ1v) is 8.23. The highest BCUT2D eigenvalue weighted by Gasteiger charge is 2.20. The van der Waals surface area contributed by atoms with Crippen molar-refractivity contribution in [1.29, 1.82) is 0 Å². The minimum Gasteiger partial charge on any atom is -0.480 e. The van der Waals surface area contributed by atoms with Gasteiger partial charge in [-0.1, -0.05) is 36.4 Å². The maximum absolute atomic E-state index is 12.0. The van der Waals surface area contributed by atoms with Gasteiger partial charge in [-0.3, -0.25) is 4.79 Å². The monoisotopic (exact) mass is 358 g/mol. The van der Waals surface area contributed by atoms with Crippen LogP contribution in [0.1, 0.15) is 18.0 Å². The van der Waals surface area contributed by atoms with Gasteiger partial charge in [-0.15, -0.1) is 6.58 Å². The number of amides is 1.